The number of anilines is 1. The highest BCUT2D eigenvalue weighted by Crippen LogP contribution is 2.24. The zero-order chi connectivity index (χ0) is 13.1. The molecular weight excluding hydrogens is 218 g/mol. The van der Waals surface area contributed by atoms with Gasteiger partial charge in [0.15, 0.2) is 5.60 Å². The smallest absolute Gasteiger partial charge is 0.337 e. The van der Waals surface area contributed by atoms with Crippen molar-refractivity contribution in [3.8, 4) is 0 Å². The summed E-state index contributed by atoms with van der Waals surface area (Å²) in [7, 11) is 0. The van der Waals surface area contributed by atoms with Gasteiger partial charge in [-0.25, -0.2) is 4.79 Å². The number of hydrogen-bond acceptors (Lipinski definition) is 3. The maximum absolute atomic E-state index is 10.8. The van der Waals surface area contributed by atoms with E-state index in [-0.39, 0.29) is 6.54 Å². The van der Waals surface area contributed by atoms with E-state index in [2.05, 4.69) is 19.2 Å². The van der Waals surface area contributed by atoms with Crippen molar-refractivity contribution in [3.63, 3.8) is 0 Å². The molecule has 0 aromatic heterocycles. The zero-order valence-electron chi connectivity index (χ0n) is 10.4. The van der Waals surface area contributed by atoms with Gasteiger partial charge in [-0.1, -0.05) is 32.0 Å². The molecule has 0 aliphatic carbocycles. The van der Waals surface area contributed by atoms with Gasteiger partial charge in [0.2, 0.25) is 0 Å². The van der Waals surface area contributed by atoms with Gasteiger partial charge in [0.05, 0.1) is 6.54 Å². The Balaban J connectivity index is 2.79. The number of rotatable bonds is 5. The normalized spacial score (nSPS) is 14.4. The van der Waals surface area contributed by atoms with Gasteiger partial charge in [0, 0.05) is 5.69 Å². The molecule has 4 heteroatoms. The third-order valence-corrected chi connectivity index (χ3v) is 2.67. The van der Waals surface area contributed by atoms with Gasteiger partial charge in [0.25, 0.3) is 0 Å². The number of para-hydroxylation sites is 1. The van der Waals surface area contributed by atoms with Gasteiger partial charge in [-0.15, -0.1) is 0 Å². The monoisotopic (exact) mass is 237 g/mol. The van der Waals surface area contributed by atoms with Crippen LogP contribution >= 0.6 is 0 Å². The van der Waals surface area contributed by atoms with E-state index < -0.39 is 11.6 Å². The molecule has 0 aliphatic rings. The fraction of sp³-hybridized carbons (Fsp3) is 0.462. The molecule has 1 unspecified atom stereocenters. The third-order valence-electron chi connectivity index (χ3n) is 2.67. The number of carbonyl (C=O) groups is 1. The van der Waals surface area contributed by atoms with E-state index in [0.29, 0.717) is 5.92 Å². The Labute approximate surface area is 101 Å². The first-order valence-electron chi connectivity index (χ1n) is 5.63. The topological polar surface area (TPSA) is 69.6 Å². The highest BCUT2D eigenvalue weighted by molar-refractivity contribution is 5.77. The minimum atomic E-state index is -1.76. The molecule has 94 valence electrons. The van der Waals surface area contributed by atoms with E-state index in [9.17, 15) is 9.90 Å². The Morgan fingerprint density at radius 2 is 2.00 bits per heavy atom. The minimum Gasteiger partial charge on any atom is -0.479 e. The van der Waals surface area contributed by atoms with Crippen molar-refractivity contribution in [2.24, 2.45) is 0 Å². The summed E-state index contributed by atoms with van der Waals surface area (Å²) < 4.78 is 0. The molecule has 1 aromatic rings. The third kappa shape index (κ3) is 3.46. The Morgan fingerprint density at radius 3 is 2.53 bits per heavy atom. The van der Waals surface area contributed by atoms with Crippen molar-refractivity contribution in [1.82, 2.24) is 0 Å². The summed E-state index contributed by atoms with van der Waals surface area (Å²) in [5, 5.41) is 21.4. The summed E-state index contributed by atoms with van der Waals surface area (Å²) in [6.07, 6.45) is 0. The molecule has 1 atom stereocenters. The van der Waals surface area contributed by atoms with Crippen molar-refractivity contribution < 1.29 is 15.0 Å². The van der Waals surface area contributed by atoms with Crippen molar-refractivity contribution in [2.45, 2.75) is 32.3 Å². The molecule has 4 nitrogen and oxygen atoms in total. The van der Waals surface area contributed by atoms with E-state index >= 15 is 0 Å². The molecule has 0 heterocycles. The Morgan fingerprint density at radius 1 is 1.41 bits per heavy atom. The Hall–Kier alpha value is -1.55. The number of carboxylic acids is 1. The molecule has 0 aliphatic heterocycles. The molecule has 0 bridgehead atoms. The van der Waals surface area contributed by atoms with E-state index in [1.54, 1.807) is 0 Å². The highest BCUT2D eigenvalue weighted by Gasteiger charge is 2.29. The molecule has 3 N–H and O–H groups in total. The summed E-state index contributed by atoms with van der Waals surface area (Å²) in [5.41, 5.74) is 0.210. The van der Waals surface area contributed by atoms with Crippen LogP contribution in [0.5, 0.6) is 0 Å². The summed E-state index contributed by atoms with van der Waals surface area (Å²) in [5.74, 6) is -0.888. The van der Waals surface area contributed by atoms with Crippen LogP contribution in [0.2, 0.25) is 0 Å². The fourth-order valence-corrected chi connectivity index (χ4v) is 1.50. The Kier molecular flexibility index (Phi) is 4.12. The molecule has 0 saturated carbocycles. The van der Waals surface area contributed by atoms with E-state index in [1.165, 1.54) is 6.92 Å². The van der Waals surface area contributed by atoms with Crippen LogP contribution in [0.3, 0.4) is 0 Å². The van der Waals surface area contributed by atoms with Crippen LogP contribution in [-0.2, 0) is 4.79 Å². The second kappa shape index (κ2) is 5.19. The molecule has 0 radical (unpaired) electrons. The van der Waals surface area contributed by atoms with Gasteiger partial charge in [-0.05, 0) is 24.5 Å². The van der Waals surface area contributed by atoms with Crippen molar-refractivity contribution in [1.29, 1.82) is 0 Å². The maximum Gasteiger partial charge on any atom is 0.337 e. The van der Waals surface area contributed by atoms with Crippen LogP contribution in [0.4, 0.5) is 5.69 Å². The highest BCUT2D eigenvalue weighted by atomic mass is 16.4. The maximum atomic E-state index is 10.8. The first-order valence-corrected chi connectivity index (χ1v) is 5.63. The number of aliphatic carboxylic acids is 1. The van der Waals surface area contributed by atoms with Crippen LogP contribution in [0.25, 0.3) is 0 Å². The summed E-state index contributed by atoms with van der Waals surface area (Å²) in [4.78, 5) is 10.8. The van der Waals surface area contributed by atoms with Crippen molar-refractivity contribution in [3.05, 3.63) is 29.8 Å². The van der Waals surface area contributed by atoms with Gasteiger partial charge >= 0.3 is 5.97 Å². The molecule has 0 fully saturated rings. The molecule has 17 heavy (non-hydrogen) atoms. The minimum absolute atomic E-state index is 0.0218. The lowest BCUT2D eigenvalue weighted by atomic mass is 10.0. The first kappa shape index (κ1) is 13.5. The summed E-state index contributed by atoms with van der Waals surface area (Å²) in [6.45, 7) is 5.39. The summed E-state index contributed by atoms with van der Waals surface area (Å²) >= 11 is 0. The van der Waals surface area contributed by atoms with Crippen LogP contribution in [-0.4, -0.2) is 28.3 Å². The molecule has 0 saturated heterocycles. The Bertz CT molecular complexity index is 399. The van der Waals surface area contributed by atoms with Gasteiger partial charge in [-0.3, -0.25) is 0 Å². The number of nitrogens with one attached hydrogen (secondary N) is 1. The van der Waals surface area contributed by atoms with Gasteiger partial charge in [0.1, 0.15) is 0 Å². The van der Waals surface area contributed by atoms with E-state index in [1.807, 2.05) is 24.3 Å². The van der Waals surface area contributed by atoms with Crippen LogP contribution < -0.4 is 5.32 Å². The number of carboxylic acid groups (broad SMARTS) is 1. The van der Waals surface area contributed by atoms with Crippen LogP contribution in [0.1, 0.15) is 32.3 Å². The fourth-order valence-electron chi connectivity index (χ4n) is 1.50. The van der Waals surface area contributed by atoms with Gasteiger partial charge in [-0.2, -0.15) is 0 Å². The quantitative estimate of drug-likeness (QED) is 0.733. The molecular formula is C13H19NO3. The van der Waals surface area contributed by atoms with Crippen molar-refractivity contribution >= 4 is 11.7 Å². The van der Waals surface area contributed by atoms with E-state index in [4.69, 9.17) is 5.11 Å². The second-order valence-corrected chi connectivity index (χ2v) is 4.67. The lowest BCUT2D eigenvalue weighted by molar-refractivity contribution is -0.155. The standard InChI is InChI=1S/C13H19NO3/c1-9(2)10-6-4-5-7-11(10)14-8-13(3,17)12(15)16/h4-7,9,14,17H,8H2,1-3H3,(H,15,16). The van der Waals surface area contributed by atoms with Crippen LogP contribution in [0, 0.1) is 0 Å². The predicted molar refractivity (Wildman–Crippen MR) is 67.3 cm³/mol. The molecule has 0 amide bonds. The lowest BCUT2D eigenvalue weighted by Gasteiger charge is -2.21. The SMILES string of the molecule is CC(C)c1ccccc1NCC(C)(O)C(=O)O. The van der Waals surface area contributed by atoms with Crippen LogP contribution in [0.15, 0.2) is 24.3 Å². The van der Waals surface area contributed by atoms with Gasteiger partial charge < -0.3 is 15.5 Å². The summed E-state index contributed by atoms with van der Waals surface area (Å²) in [6, 6.07) is 7.69. The second-order valence-electron chi connectivity index (χ2n) is 4.67. The number of hydrogen-bond donors (Lipinski definition) is 3. The van der Waals surface area contributed by atoms with E-state index in [0.717, 1.165) is 11.3 Å². The molecule has 1 aromatic carbocycles. The average Bonchev–Trinajstić information content (AvgIpc) is 2.26. The molecule has 0 spiro atoms. The predicted octanol–water partition coefficient (Wildman–Crippen LogP) is 2.06. The number of benzene rings is 1. The number of aliphatic hydroxyl groups is 1. The largest absolute Gasteiger partial charge is 0.479 e. The van der Waals surface area contributed by atoms with Crippen molar-refractivity contribution in [2.75, 3.05) is 11.9 Å². The molecule has 1 rings (SSSR count). The first-order chi connectivity index (χ1) is 7.84. The average molecular weight is 237 g/mol. The lowest BCUT2D eigenvalue weighted by Crippen LogP contribution is -2.41. The zero-order valence-corrected chi connectivity index (χ0v) is 10.4.